The van der Waals surface area contributed by atoms with Crippen LogP contribution in [0.3, 0.4) is 0 Å². The Bertz CT molecular complexity index is 1410. The molecule has 0 spiro atoms. The molecule has 0 aliphatic heterocycles. The lowest BCUT2D eigenvalue weighted by Gasteiger charge is -2.17. The Morgan fingerprint density at radius 2 is 1.68 bits per heavy atom. The van der Waals surface area contributed by atoms with E-state index >= 15 is 0 Å². The summed E-state index contributed by atoms with van der Waals surface area (Å²) in [5, 5.41) is 3.10. The molecule has 0 saturated heterocycles. The number of amides is 2. The molecule has 3 rings (SSSR count). The van der Waals surface area contributed by atoms with Crippen LogP contribution in [-0.2, 0) is 16.9 Å². The summed E-state index contributed by atoms with van der Waals surface area (Å²) in [7, 11) is -0.773. The minimum atomic E-state index is -5.09. The van der Waals surface area contributed by atoms with Crippen LogP contribution in [0.1, 0.15) is 54.2 Å². The summed E-state index contributed by atoms with van der Waals surface area (Å²) in [4.78, 5) is 30.0. The Morgan fingerprint density at radius 1 is 1.05 bits per heavy atom. The number of primary amides is 1. The van der Waals surface area contributed by atoms with Gasteiger partial charge in [0.2, 0.25) is 0 Å². The van der Waals surface area contributed by atoms with E-state index in [1.165, 1.54) is 18.3 Å². The zero-order chi connectivity index (χ0) is 27.8. The number of alkyl halides is 3. The van der Waals surface area contributed by atoms with Gasteiger partial charge in [-0.15, -0.1) is 0 Å². The standard InChI is InChI=1S/C23H21Cl3F3N5O2S/c1-10(2)37(11(3)4)33-22(36)13-8-12(24)9-15(26)16(13)17-18(20(30)35)34(32-19(17)23(27,28)29)21-14(25)6-5-7-31-21/h5-11H,1-4H3,(H2,30,35). The van der Waals surface area contributed by atoms with Crippen LogP contribution < -0.4 is 5.73 Å². The SMILES string of the molecule is CC(C)S(=NC(=O)c1cc(Cl)cc(Cl)c1-c1c(C(F)(F)F)nn(-c2ncccc2Cl)c1C(N)=O)C(C)C. The third-order valence-corrected chi connectivity index (χ3v) is 8.14. The van der Waals surface area contributed by atoms with Crippen LogP contribution in [0.2, 0.25) is 15.1 Å². The van der Waals surface area contributed by atoms with E-state index in [0.29, 0.717) is 4.68 Å². The van der Waals surface area contributed by atoms with Crippen molar-refractivity contribution in [3.63, 3.8) is 0 Å². The van der Waals surface area contributed by atoms with Crippen molar-refractivity contribution < 1.29 is 22.8 Å². The number of benzene rings is 1. The molecule has 3 aromatic rings. The van der Waals surface area contributed by atoms with Crippen LogP contribution in [0.5, 0.6) is 0 Å². The monoisotopic (exact) mass is 593 g/mol. The van der Waals surface area contributed by atoms with Gasteiger partial charge in [0.15, 0.2) is 11.5 Å². The maximum atomic E-state index is 14.3. The van der Waals surface area contributed by atoms with Gasteiger partial charge in [0.25, 0.3) is 11.8 Å². The zero-order valence-corrected chi connectivity index (χ0v) is 23.0. The Labute approximate surface area is 228 Å². The Balaban J connectivity index is 2.49. The van der Waals surface area contributed by atoms with Crippen LogP contribution in [-0.4, -0.2) is 37.1 Å². The quantitative estimate of drug-likeness (QED) is 0.340. The first-order valence-electron chi connectivity index (χ1n) is 10.7. The lowest BCUT2D eigenvalue weighted by atomic mass is 9.96. The normalized spacial score (nSPS) is 12.0. The van der Waals surface area contributed by atoms with Crippen LogP contribution >= 0.6 is 34.8 Å². The predicted molar refractivity (Wildman–Crippen MR) is 140 cm³/mol. The molecule has 0 atom stereocenters. The van der Waals surface area contributed by atoms with E-state index in [1.807, 2.05) is 27.7 Å². The van der Waals surface area contributed by atoms with Gasteiger partial charge in [0.1, 0.15) is 5.69 Å². The molecule has 2 amide bonds. The van der Waals surface area contributed by atoms with Gasteiger partial charge < -0.3 is 5.73 Å². The molecule has 0 radical (unpaired) electrons. The molecule has 0 aliphatic carbocycles. The molecule has 0 unspecified atom stereocenters. The molecule has 0 aliphatic rings. The molecular weight excluding hydrogens is 574 g/mol. The fourth-order valence-electron chi connectivity index (χ4n) is 3.66. The summed E-state index contributed by atoms with van der Waals surface area (Å²) in [6.07, 6.45) is -3.84. The van der Waals surface area contributed by atoms with Crippen molar-refractivity contribution in [2.24, 2.45) is 10.1 Å². The zero-order valence-electron chi connectivity index (χ0n) is 19.9. The number of aromatic nitrogens is 3. The number of carbonyl (C=O) groups excluding carboxylic acids is 2. The summed E-state index contributed by atoms with van der Waals surface area (Å²) < 4.78 is 47.8. The molecule has 1 aromatic carbocycles. The minimum absolute atomic E-state index is 0.0179. The second kappa shape index (κ2) is 11.1. The molecule has 198 valence electrons. The first kappa shape index (κ1) is 29.1. The fourth-order valence-corrected chi connectivity index (χ4v) is 6.25. The van der Waals surface area contributed by atoms with E-state index in [-0.39, 0.29) is 36.9 Å². The summed E-state index contributed by atoms with van der Waals surface area (Å²) >= 11 is 18.7. The molecule has 37 heavy (non-hydrogen) atoms. The molecule has 2 heterocycles. The van der Waals surface area contributed by atoms with Gasteiger partial charge in [-0.05, 0) is 24.3 Å². The van der Waals surface area contributed by atoms with E-state index in [2.05, 4.69) is 14.4 Å². The number of rotatable bonds is 6. The Kier molecular flexibility index (Phi) is 8.73. The van der Waals surface area contributed by atoms with Crippen LogP contribution in [0, 0.1) is 0 Å². The smallest absolute Gasteiger partial charge is 0.364 e. The summed E-state index contributed by atoms with van der Waals surface area (Å²) in [6, 6.07) is 5.09. The number of carbonyl (C=O) groups is 2. The number of hydrogen-bond acceptors (Lipinski definition) is 4. The number of hydrogen-bond donors (Lipinski definition) is 1. The van der Waals surface area contributed by atoms with Gasteiger partial charge in [0, 0.05) is 32.8 Å². The van der Waals surface area contributed by atoms with Gasteiger partial charge in [-0.2, -0.15) is 22.6 Å². The van der Waals surface area contributed by atoms with Crippen molar-refractivity contribution in [3.8, 4) is 16.9 Å². The molecule has 7 nitrogen and oxygen atoms in total. The van der Waals surface area contributed by atoms with Gasteiger partial charge in [-0.1, -0.05) is 73.2 Å². The van der Waals surface area contributed by atoms with Crippen LogP contribution in [0.15, 0.2) is 34.8 Å². The fraction of sp³-hybridized carbons (Fsp3) is 0.304. The highest BCUT2D eigenvalue weighted by Gasteiger charge is 2.43. The molecule has 2 aromatic heterocycles. The first-order chi connectivity index (χ1) is 17.1. The molecule has 14 heteroatoms. The number of nitrogens with zero attached hydrogens (tertiary/aromatic N) is 4. The third kappa shape index (κ3) is 6.00. The first-order valence-corrected chi connectivity index (χ1v) is 13.2. The van der Waals surface area contributed by atoms with Gasteiger partial charge >= 0.3 is 6.18 Å². The minimum Gasteiger partial charge on any atom is -0.364 e. The van der Waals surface area contributed by atoms with Gasteiger partial charge in [-0.3, -0.25) is 9.59 Å². The lowest BCUT2D eigenvalue weighted by molar-refractivity contribution is -0.140. The molecule has 0 fully saturated rings. The third-order valence-electron chi connectivity index (χ3n) is 5.02. The largest absolute Gasteiger partial charge is 0.435 e. The van der Waals surface area contributed by atoms with Crippen molar-refractivity contribution in [3.05, 3.63) is 62.5 Å². The predicted octanol–water partition coefficient (Wildman–Crippen LogP) is 6.77. The highest BCUT2D eigenvalue weighted by atomic mass is 35.5. The van der Waals surface area contributed by atoms with E-state index in [0.717, 1.165) is 12.1 Å². The summed E-state index contributed by atoms with van der Waals surface area (Å²) in [5.41, 5.74) is 1.72. The number of nitrogens with two attached hydrogens (primary N) is 1. The highest BCUT2D eigenvalue weighted by Crippen LogP contribution is 2.44. The van der Waals surface area contributed by atoms with Crippen molar-refractivity contribution in [2.75, 3.05) is 0 Å². The second-order valence-corrected chi connectivity index (χ2v) is 12.3. The van der Waals surface area contributed by atoms with Crippen molar-refractivity contribution in [2.45, 2.75) is 44.4 Å². The molecule has 2 N–H and O–H groups in total. The van der Waals surface area contributed by atoms with Crippen molar-refractivity contribution in [1.82, 2.24) is 14.8 Å². The Hall–Kier alpha value is -2.47. The molecule has 0 saturated carbocycles. The highest BCUT2D eigenvalue weighted by molar-refractivity contribution is 7.88. The molecular formula is C23H21Cl3F3N5O2S. The summed E-state index contributed by atoms with van der Waals surface area (Å²) in [5.74, 6) is -2.42. The molecule has 0 bridgehead atoms. The summed E-state index contributed by atoms with van der Waals surface area (Å²) in [6.45, 7) is 7.50. The van der Waals surface area contributed by atoms with E-state index in [1.54, 1.807) is 0 Å². The van der Waals surface area contributed by atoms with Crippen molar-refractivity contribution in [1.29, 1.82) is 0 Å². The Morgan fingerprint density at radius 3 is 2.19 bits per heavy atom. The lowest BCUT2D eigenvalue weighted by Crippen LogP contribution is -2.19. The van der Waals surface area contributed by atoms with E-state index in [4.69, 9.17) is 40.5 Å². The van der Waals surface area contributed by atoms with Gasteiger partial charge in [0.05, 0.1) is 15.6 Å². The average molecular weight is 595 g/mol. The second-order valence-electron chi connectivity index (χ2n) is 8.31. The number of halogens is 6. The van der Waals surface area contributed by atoms with Crippen molar-refractivity contribution >= 4 is 57.3 Å². The topological polar surface area (TPSA) is 103 Å². The van der Waals surface area contributed by atoms with Crippen LogP contribution in [0.25, 0.3) is 16.9 Å². The maximum Gasteiger partial charge on any atom is 0.435 e. The number of pyridine rings is 1. The van der Waals surface area contributed by atoms with Gasteiger partial charge in [-0.25, -0.2) is 9.67 Å². The van der Waals surface area contributed by atoms with Crippen LogP contribution in [0.4, 0.5) is 13.2 Å². The van der Waals surface area contributed by atoms with E-state index < -0.39 is 51.2 Å². The maximum absolute atomic E-state index is 14.3. The van der Waals surface area contributed by atoms with E-state index in [9.17, 15) is 22.8 Å². The average Bonchev–Trinajstić information content (AvgIpc) is 3.17.